The van der Waals surface area contributed by atoms with Crippen LogP contribution in [-0.4, -0.2) is 16.1 Å². The third-order valence-corrected chi connectivity index (χ3v) is 3.31. The van der Waals surface area contributed by atoms with Crippen LogP contribution in [0.4, 0.5) is 5.69 Å². The molecule has 0 spiro atoms. The predicted molar refractivity (Wildman–Crippen MR) is 79.2 cm³/mol. The summed E-state index contributed by atoms with van der Waals surface area (Å²) in [6, 6.07) is 6.64. The van der Waals surface area contributed by atoms with Gasteiger partial charge in [0.15, 0.2) is 5.75 Å². The van der Waals surface area contributed by atoms with E-state index in [4.69, 9.17) is 34.8 Å². The van der Waals surface area contributed by atoms with Crippen LogP contribution in [0.5, 0.6) is 11.5 Å². The molecule has 0 aromatic heterocycles. The van der Waals surface area contributed by atoms with Gasteiger partial charge in [-0.15, -0.1) is 0 Å². The number of hydrogen-bond donors (Lipinski definition) is 3. The van der Waals surface area contributed by atoms with Gasteiger partial charge in [0.25, 0.3) is 5.91 Å². The number of carbonyl (C=O) groups excluding carboxylic acids is 1. The van der Waals surface area contributed by atoms with E-state index in [0.29, 0.717) is 0 Å². The van der Waals surface area contributed by atoms with E-state index in [-0.39, 0.29) is 37.8 Å². The Labute approximate surface area is 129 Å². The van der Waals surface area contributed by atoms with Crippen LogP contribution in [0.1, 0.15) is 10.4 Å². The SMILES string of the molecule is O=C(Nc1cc(Cl)cc(Cl)c1O)c1cc(O)ccc1Cl. The van der Waals surface area contributed by atoms with Gasteiger partial charge < -0.3 is 15.5 Å². The number of phenols is 2. The van der Waals surface area contributed by atoms with E-state index in [2.05, 4.69) is 5.32 Å². The fourth-order valence-corrected chi connectivity index (χ4v) is 2.23. The molecule has 3 N–H and O–H groups in total. The zero-order chi connectivity index (χ0) is 14.9. The molecule has 2 aromatic rings. The van der Waals surface area contributed by atoms with Crippen molar-refractivity contribution < 1.29 is 15.0 Å². The minimum atomic E-state index is -0.612. The second kappa shape index (κ2) is 5.79. The Hall–Kier alpha value is -1.62. The summed E-state index contributed by atoms with van der Waals surface area (Å²) in [7, 11) is 0. The molecule has 0 aliphatic carbocycles. The molecule has 1 amide bonds. The van der Waals surface area contributed by atoms with Gasteiger partial charge in [-0.05, 0) is 30.3 Å². The summed E-state index contributed by atoms with van der Waals surface area (Å²) in [5.41, 5.74) is 0.106. The van der Waals surface area contributed by atoms with Crippen molar-refractivity contribution in [2.24, 2.45) is 0 Å². The average molecular weight is 333 g/mol. The number of anilines is 1. The molecule has 4 nitrogen and oxygen atoms in total. The molecule has 0 saturated heterocycles. The first-order valence-corrected chi connectivity index (χ1v) is 6.49. The lowest BCUT2D eigenvalue weighted by Gasteiger charge is -2.10. The second-order valence-electron chi connectivity index (χ2n) is 3.90. The van der Waals surface area contributed by atoms with E-state index >= 15 is 0 Å². The van der Waals surface area contributed by atoms with Crippen LogP contribution in [0.15, 0.2) is 30.3 Å². The molecule has 0 atom stereocenters. The minimum absolute atomic E-state index is 0.00908. The summed E-state index contributed by atoms with van der Waals surface area (Å²) >= 11 is 17.4. The van der Waals surface area contributed by atoms with Crippen molar-refractivity contribution in [1.29, 1.82) is 0 Å². The number of nitrogens with one attached hydrogen (secondary N) is 1. The molecule has 104 valence electrons. The molecule has 0 aliphatic heterocycles. The first-order chi connectivity index (χ1) is 9.38. The number of rotatable bonds is 2. The van der Waals surface area contributed by atoms with Crippen molar-refractivity contribution in [1.82, 2.24) is 0 Å². The van der Waals surface area contributed by atoms with Gasteiger partial charge in [-0.2, -0.15) is 0 Å². The predicted octanol–water partition coefficient (Wildman–Crippen LogP) is 4.31. The van der Waals surface area contributed by atoms with Crippen LogP contribution >= 0.6 is 34.8 Å². The van der Waals surface area contributed by atoms with E-state index in [9.17, 15) is 15.0 Å². The van der Waals surface area contributed by atoms with Gasteiger partial charge in [-0.3, -0.25) is 4.79 Å². The number of phenolic OH excluding ortho intramolecular Hbond substituents is 2. The maximum absolute atomic E-state index is 12.1. The van der Waals surface area contributed by atoms with E-state index < -0.39 is 5.91 Å². The van der Waals surface area contributed by atoms with Crippen LogP contribution in [-0.2, 0) is 0 Å². The molecule has 20 heavy (non-hydrogen) atoms. The molecule has 0 saturated carbocycles. The Kier molecular flexibility index (Phi) is 4.28. The molecule has 0 unspecified atom stereocenters. The highest BCUT2D eigenvalue weighted by Crippen LogP contribution is 2.35. The summed E-state index contributed by atoms with van der Waals surface area (Å²) in [6.07, 6.45) is 0. The third kappa shape index (κ3) is 3.10. The zero-order valence-electron chi connectivity index (χ0n) is 9.82. The highest BCUT2D eigenvalue weighted by molar-refractivity contribution is 6.37. The fraction of sp³-hybridized carbons (Fsp3) is 0. The van der Waals surface area contributed by atoms with Crippen molar-refractivity contribution in [3.8, 4) is 11.5 Å². The lowest BCUT2D eigenvalue weighted by molar-refractivity contribution is 0.102. The lowest BCUT2D eigenvalue weighted by Crippen LogP contribution is -2.12. The van der Waals surface area contributed by atoms with Crippen LogP contribution in [0.2, 0.25) is 15.1 Å². The summed E-state index contributed by atoms with van der Waals surface area (Å²) in [6.45, 7) is 0. The number of benzene rings is 2. The first-order valence-electron chi connectivity index (χ1n) is 5.36. The van der Waals surface area contributed by atoms with E-state index in [1.165, 1.54) is 30.3 Å². The normalized spacial score (nSPS) is 10.3. The smallest absolute Gasteiger partial charge is 0.257 e. The van der Waals surface area contributed by atoms with Crippen LogP contribution in [0.25, 0.3) is 0 Å². The van der Waals surface area contributed by atoms with Crippen molar-refractivity contribution >= 4 is 46.4 Å². The molecule has 0 radical (unpaired) electrons. The number of carbonyl (C=O) groups is 1. The standard InChI is InChI=1S/C13H8Cl3NO3/c14-6-3-10(16)12(19)11(4-6)17-13(20)8-5-7(18)1-2-9(8)15/h1-5,18-19H,(H,17,20). The maximum atomic E-state index is 12.1. The quantitative estimate of drug-likeness (QED) is 0.718. The van der Waals surface area contributed by atoms with Gasteiger partial charge in [0, 0.05) is 5.02 Å². The van der Waals surface area contributed by atoms with Crippen molar-refractivity contribution in [3.05, 3.63) is 51.0 Å². The van der Waals surface area contributed by atoms with Crippen LogP contribution in [0, 0.1) is 0 Å². The highest BCUT2D eigenvalue weighted by Gasteiger charge is 2.15. The molecular formula is C13H8Cl3NO3. The van der Waals surface area contributed by atoms with Gasteiger partial charge in [0.05, 0.1) is 21.3 Å². The molecule has 0 heterocycles. The summed E-state index contributed by atoms with van der Waals surface area (Å²) in [5.74, 6) is -1.02. The first kappa shape index (κ1) is 14.8. The van der Waals surface area contributed by atoms with Gasteiger partial charge in [0.2, 0.25) is 0 Å². The molecule has 0 fully saturated rings. The Morgan fingerprint density at radius 3 is 2.40 bits per heavy atom. The average Bonchev–Trinajstić information content (AvgIpc) is 2.38. The van der Waals surface area contributed by atoms with Crippen LogP contribution < -0.4 is 5.32 Å². The van der Waals surface area contributed by atoms with E-state index in [0.717, 1.165) is 0 Å². The van der Waals surface area contributed by atoms with Crippen LogP contribution in [0.3, 0.4) is 0 Å². The molecule has 0 aliphatic rings. The number of amides is 1. The summed E-state index contributed by atoms with van der Waals surface area (Å²) in [5, 5.41) is 22.0. The van der Waals surface area contributed by atoms with Gasteiger partial charge in [-0.1, -0.05) is 34.8 Å². The molecule has 2 aromatic carbocycles. The molecule has 2 rings (SSSR count). The topological polar surface area (TPSA) is 69.6 Å². The largest absolute Gasteiger partial charge is 0.508 e. The monoisotopic (exact) mass is 331 g/mol. The maximum Gasteiger partial charge on any atom is 0.257 e. The number of halogens is 3. The highest BCUT2D eigenvalue weighted by atomic mass is 35.5. The second-order valence-corrected chi connectivity index (χ2v) is 5.15. The fourth-order valence-electron chi connectivity index (χ4n) is 1.54. The van der Waals surface area contributed by atoms with Gasteiger partial charge >= 0.3 is 0 Å². The minimum Gasteiger partial charge on any atom is -0.508 e. The van der Waals surface area contributed by atoms with E-state index in [1.54, 1.807) is 0 Å². The Morgan fingerprint density at radius 2 is 1.70 bits per heavy atom. The third-order valence-electron chi connectivity index (χ3n) is 2.47. The number of hydrogen-bond acceptors (Lipinski definition) is 3. The number of aromatic hydroxyl groups is 2. The zero-order valence-corrected chi connectivity index (χ0v) is 12.1. The Morgan fingerprint density at radius 1 is 1.00 bits per heavy atom. The Balaban J connectivity index is 2.35. The molecule has 7 heteroatoms. The van der Waals surface area contributed by atoms with Crippen molar-refractivity contribution in [2.45, 2.75) is 0 Å². The molecular weight excluding hydrogens is 325 g/mol. The summed E-state index contributed by atoms with van der Waals surface area (Å²) in [4.78, 5) is 12.1. The lowest BCUT2D eigenvalue weighted by atomic mass is 10.2. The van der Waals surface area contributed by atoms with Crippen molar-refractivity contribution in [3.63, 3.8) is 0 Å². The Bertz CT molecular complexity index is 689. The van der Waals surface area contributed by atoms with Gasteiger partial charge in [-0.25, -0.2) is 0 Å². The van der Waals surface area contributed by atoms with Crippen molar-refractivity contribution in [2.75, 3.05) is 5.32 Å². The van der Waals surface area contributed by atoms with Gasteiger partial charge in [0.1, 0.15) is 5.75 Å². The molecule has 0 bridgehead atoms. The summed E-state index contributed by atoms with van der Waals surface area (Å²) < 4.78 is 0. The van der Waals surface area contributed by atoms with E-state index in [1.807, 2.05) is 0 Å².